The van der Waals surface area contributed by atoms with E-state index in [1.165, 1.54) is 50.5 Å². The molecular formula is C17H28ClN. The topological polar surface area (TPSA) is 12.0 Å². The average molecular weight is 282 g/mol. The monoisotopic (exact) mass is 281 g/mol. The van der Waals surface area contributed by atoms with Crippen LogP contribution in [-0.4, -0.2) is 13.1 Å². The van der Waals surface area contributed by atoms with E-state index in [1.807, 2.05) is 12.1 Å². The van der Waals surface area contributed by atoms with E-state index in [2.05, 4.69) is 31.4 Å². The molecular weight excluding hydrogens is 254 g/mol. The summed E-state index contributed by atoms with van der Waals surface area (Å²) in [5, 5.41) is 4.32. The Hall–Kier alpha value is -0.530. The fourth-order valence-electron chi connectivity index (χ4n) is 2.45. The lowest BCUT2D eigenvalue weighted by Crippen LogP contribution is -2.27. The van der Waals surface area contributed by atoms with Crippen molar-refractivity contribution in [2.75, 3.05) is 7.05 Å². The maximum absolute atomic E-state index is 6.22. The van der Waals surface area contributed by atoms with Crippen molar-refractivity contribution < 1.29 is 0 Å². The van der Waals surface area contributed by atoms with E-state index in [1.54, 1.807) is 0 Å². The maximum atomic E-state index is 6.22. The first-order chi connectivity index (χ1) is 9.27. The van der Waals surface area contributed by atoms with Crippen molar-refractivity contribution in [2.45, 2.75) is 64.3 Å². The molecule has 0 saturated heterocycles. The lowest BCUT2D eigenvalue weighted by Gasteiger charge is -2.17. The van der Waals surface area contributed by atoms with E-state index in [0.29, 0.717) is 6.04 Å². The van der Waals surface area contributed by atoms with Gasteiger partial charge in [0, 0.05) is 11.1 Å². The quantitative estimate of drug-likeness (QED) is 0.580. The largest absolute Gasteiger partial charge is 0.317 e. The van der Waals surface area contributed by atoms with Gasteiger partial charge in [0.25, 0.3) is 0 Å². The third-order valence-electron chi connectivity index (χ3n) is 3.74. The highest BCUT2D eigenvalue weighted by Crippen LogP contribution is 2.18. The molecule has 0 amide bonds. The molecule has 0 fully saturated rings. The van der Waals surface area contributed by atoms with Crippen LogP contribution in [0.4, 0.5) is 0 Å². The Bertz CT molecular complexity index is 338. The van der Waals surface area contributed by atoms with Crippen LogP contribution in [0.15, 0.2) is 24.3 Å². The van der Waals surface area contributed by atoms with Crippen LogP contribution in [-0.2, 0) is 6.42 Å². The Balaban J connectivity index is 2.24. The second-order valence-electron chi connectivity index (χ2n) is 5.34. The summed E-state index contributed by atoms with van der Waals surface area (Å²) in [7, 11) is 2.05. The van der Waals surface area contributed by atoms with Gasteiger partial charge in [0.05, 0.1) is 0 Å². The standard InChI is InChI=1S/C17H28ClN/c1-3-4-5-6-7-8-12-16(19-2)14-15-11-9-10-13-17(15)18/h9-11,13,16,19H,3-8,12,14H2,1-2H3. The van der Waals surface area contributed by atoms with Crippen LogP contribution < -0.4 is 5.32 Å². The second-order valence-corrected chi connectivity index (χ2v) is 5.74. The first-order valence-electron chi connectivity index (χ1n) is 7.68. The molecule has 1 rings (SSSR count). The Labute approximate surface area is 123 Å². The number of likely N-dealkylation sites (N-methyl/N-ethyl adjacent to an activating group) is 1. The van der Waals surface area contributed by atoms with Gasteiger partial charge in [-0.2, -0.15) is 0 Å². The van der Waals surface area contributed by atoms with Crippen molar-refractivity contribution in [1.29, 1.82) is 0 Å². The van der Waals surface area contributed by atoms with Crippen LogP contribution in [0.25, 0.3) is 0 Å². The third kappa shape index (κ3) is 6.98. The predicted octanol–water partition coefficient (Wildman–Crippen LogP) is 5.22. The summed E-state index contributed by atoms with van der Waals surface area (Å²) in [6.45, 7) is 2.26. The number of benzene rings is 1. The van der Waals surface area contributed by atoms with Gasteiger partial charge in [-0.25, -0.2) is 0 Å². The minimum absolute atomic E-state index is 0.547. The Morgan fingerprint density at radius 1 is 1.05 bits per heavy atom. The molecule has 1 nitrogen and oxygen atoms in total. The normalized spacial score (nSPS) is 12.6. The highest BCUT2D eigenvalue weighted by atomic mass is 35.5. The van der Waals surface area contributed by atoms with Gasteiger partial charge >= 0.3 is 0 Å². The first-order valence-corrected chi connectivity index (χ1v) is 8.06. The van der Waals surface area contributed by atoms with Crippen LogP contribution in [0, 0.1) is 0 Å². The number of hydrogen-bond acceptors (Lipinski definition) is 1. The van der Waals surface area contributed by atoms with Crippen molar-refractivity contribution in [1.82, 2.24) is 5.32 Å². The van der Waals surface area contributed by atoms with Crippen molar-refractivity contribution >= 4 is 11.6 Å². The summed E-state index contributed by atoms with van der Waals surface area (Å²) in [6, 6.07) is 8.72. The molecule has 19 heavy (non-hydrogen) atoms. The zero-order valence-corrected chi connectivity index (χ0v) is 13.2. The third-order valence-corrected chi connectivity index (χ3v) is 4.11. The van der Waals surface area contributed by atoms with Gasteiger partial charge in [-0.15, -0.1) is 0 Å². The van der Waals surface area contributed by atoms with Crippen molar-refractivity contribution in [3.05, 3.63) is 34.9 Å². The van der Waals surface area contributed by atoms with E-state index >= 15 is 0 Å². The van der Waals surface area contributed by atoms with Crippen molar-refractivity contribution in [2.24, 2.45) is 0 Å². The highest BCUT2D eigenvalue weighted by molar-refractivity contribution is 6.31. The molecule has 1 N–H and O–H groups in total. The lowest BCUT2D eigenvalue weighted by molar-refractivity contribution is 0.480. The Morgan fingerprint density at radius 3 is 2.42 bits per heavy atom. The van der Waals surface area contributed by atoms with Crippen molar-refractivity contribution in [3.8, 4) is 0 Å². The van der Waals surface area contributed by atoms with Gasteiger partial charge in [-0.3, -0.25) is 0 Å². The summed E-state index contributed by atoms with van der Waals surface area (Å²) >= 11 is 6.22. The molecule has 2 heteroatoms. The van der Waals surface area contributed by atoms with Gasteiger partial charge < -0.3 is 5.32 Å². The van der Waals surface area contributed by atoms with Crippen LogP contribution >= 0.6 is 11.6 Å². The summed E-state index contributed by atoms with van der Waals surface area (Å²) in [5.41, 5.74) is 1.26. The number of hydrogen-bond donors (Lipinski definition) is 1. The summed E-state index contributed by atoms with van der Waals surface area (Å²) in [4.78, 5) is 0. The maximum Gasteiger partial charge on any atom is 0.0438 e. The predicted molar refractivity (Wildman–Crippen MR) is 86.0 cm³/mol. The van der Waals surface area contributed by atoms with Crippen LogP contribution in [0.3, 0.4) is 0 Å². The minimum atomic E-state index is 0.547. The van der Waals surface area contributed by atoms with E-state index < -0.39 is 0 Å². The minimum Gasteiger partial charge on any atom is -0.317 e. The van der Waals surface area contributed by atoms with E-state index in [4.69, 9.17) is 11.6 Å². The van der Waals surface area contributed by atoms with Crippen molar-refractivity contribution in [3.63, 3.8) is 0 Å². The first kappa shape index (κ1) is 16.5. The fraction of sp³-hybridized carbons (Fsp3) is 0.647. The summed E-state index contributed by atoms with van der Waals surface area (Å²) < 4.78 is 0. The molecule has 1 unspecified atom stereocenters. The fourth-order valence-corrected chi connectivity index (χ4v) is 2.66. The zero-order valence-electron chi connectivity index (χ0n) is 12.4. The molecule has 0 bridgehead atoms. The zero-order chi connectivity index (χ0) is 13.9. The number of rotatable bonds is 10. The average Bonchev–Trinajstić information content (AvgIpc) is 2.43. The molecule has 0 heterocycles. The second kappa shape index (κ2) is 10.3. The SMILES string of the molecule is CCCCCCCCC(Cc1ccccc1Cl)NC. The Kier molecular flexibility index (Phi) is 8.94. The lowest BCUT2D eigenvalue weighted by atomic mass is 10.00. The van der Waals surface area contributed by atoms with Gasteiger partial charge in [-0.05, 0) is 31.5 Å². The number of nitrogens with one attached hydrogen (secondary N) is 1. The van der Waals surface area contributed by atoms with Crippen LogP contribution in [0.2, 0.25) is 5.02 Å². The molecule has 0 aliphatic rings. The van der Waals surface area contributed by atoms with Gasteiger partial charge in [0.2, 0.25) is 0 Å². The van der Waals surface area contributed by atoms with Crippen LogP contribution in [0.5, 0.6) is 0 Å². The van der Waals surface area contributed by atoms with E-state index in [-0.39, 0.29) is 0 Å². The molecule has 0 aliphatic carbocycles. The molecule has 1 aromatic rings. The van der Waals surface area contributed by atoms with Gasteiger partial charge in [-0.1, -0.05) is 75.2 Å². The Morgan fingerprint density at radius 2 is 1.74 bits per heavy atom. The summed E-state index contributed by atoms with van der Waals surface area (Å²) in [5.74, 6) is 0. The van der Waals surface area contributed by atoms with Gasteiger partial charge in [0.1, 0.15) is 0 Å². The molecule has 1 atom stereocenters. The molecule has 0 aliphatic heterocycles. The molecule has 0 radical (unpaired) electrons. The highest BCUT2D eigenvalue weighted by Gasteiger charge is 2.09. The molecule has 108 valence electrons. The van der Waals surface area contributed by atoms with Gasteiger partial charge in [0.15, 0.2) is 0 Å². The molecule has 0 spiro atoms. The smallest absolute Gasteiger partial charge is 0.0438 e. The summed E-state index contributed by atoms with van der Waals surface area (Å²) in [6.07, 6.45) is 10.4. The van der Waals surface area contributed by atoms with E-state index in [9.17, 15) is 0 Å². The molecule has 0 saturated carbocycles. The molecule has 0 aromatic heterocycles. The molecule has 1 aromatic carbocycles. The van der Waals surface area contributed by atoms with E-state index in [0.717, 1.165) is 11.4 Å². The van der Waals surface area contributed by atoms with Crippen LogP contribution in [0.1, 0.15) is 57.4 Å². The number of halogens is 1. The number of unbranched alkanes of at least 4 members (excludes halogenated alkanes) is 5.